The fourth-order valence-electron chi connectivity index (χ4n) is 1.49. The highest BCUT2D eigenvalue weighted by Gasteiger charge is 2.13. The Morgan fingerprint density at radius 2 is 2.24 bits per heavy atom. The first kappa shape index (κ1) is 12.0. The minimum Gasteiger partial charge on any atom is -0.372 e. The molecule has 2 heterocycles. The van der Waals surface area contributed by atoms with Crippen LogP contribution in [0.1, 0.15) is 19.0 Å². The number of aromatic amines is 1. The Morgan fingerprint density at radius 1 is 1.41 bits per heavy atom. The van der Waals surface area contributed by atoms with E-state index in [0.29, 0.717) is 11.5 Å². The number of anilines is 1. The molecule has 0 spiro atoms. The third-order valence-electron chi connectivity index (χ3n) is 2.29. The van der Waals surface area contributed by atoms with E-state index < -0.39 is 0 Å². The molecule has 90 valence electrons. The highest BCUT2D eigenvalue weighted by atomic mass is 79.9. The highest BCUT2D eigenvalue weighted by Crippen LogP contribution is 2.26. The van der Waals surface area contributed by atoms with Gasteiger partial charge in [0.1, 0.15) is 11.5 Å². The molecule has 0 aliphatic carbocycles. The average Bonchev–Trinajstić information content (AvgIpc) is 2.85. The summed E-state index contributed by atoms with van der Waals surface area (Å²) in [7, 11) is 1.83. The summed E-state index contributed by atoms with van der Waals surface area (Å²) >= 11 is 3.51. The van der Waals surface area contributed by atoms with Crippen molar-refractivity contribution in [3.05, 3.63) is 16.4 Å². The van der Waals surface area contributed by atoms with Gasteiger partial charge in [0.15, 0.2) is 5.82 Å². The van der Waals surface area contributed by atoms with E-state index in [1.165, 1.54) is 0 Å². The zero-order valence-electron chi connectivity index (χ0n) is 9.66. The van der Waals surface area contributed by atoms with Crippen molar-refractivity contribution in [1.29, 1.82) is 0 Å². The van der Waals surface area contributed by atoms with Crippen LogP contribution >= 0.6 is 15.9 Å². The van der Waals surface area contributed by atoms with Crippen LogP contribution in [0, 0.1) is 0 Å². The predicted octanol–water partition coefficient (Wildman–Crippen LogP) is 2.02. The molecule has 0 aromatic carbocycles. The van der Waals surface area contributed by atoms with Crippen molar-refractivity contribution >= 4 is 21.7 Å². The molecule has 0 saturated carbocycles. The molecule has 0 aliphatic rings. The summed E-state index contributed by atoms with van der Waals surface area (Å²) in [6.45, 7) is 2.11. The molecule has 17 heavy (non-hydrogen) atoms. The molecule has 2 N–H and O–H groups in total. The van der Waals surface area contributed by atoms with Crippen molar-refractivity contribution in [2.24, 2.45) is 0 Å². The fraction of sp³-hybridized carbons (Fsp3) is 0.400. The minimum absolute atomic E-state index is 0.578. The first-order chi connectivity index (χ1) is 8.26. The molecule has 0 unspecified atom stereocenters. The number of hydrogen-bond donors (Lipinski definition) is 2. The molecule has 2 aromatic rings. The Kier molecular flexibility index (Phi) is 3.68. The average molecular weight is 297 g/mol. The minimum atomic E-state index is 0.578. The first-order valence-electron chi connectivity index (χ1n) is 5.36. The van der Waals surface area contributed by atoms with Crippen LogP contribution in [-0.2, 0) is 6.42 Å². The van der Waals surface area contributed by atoms with Crippen LogP contribution in [0.15, 0.2) is 10.7 Å². The number of hydrogen-bond acceptors (Lipinski definition) is 5. The first-order valence-corrected chi connectivity index (χ1v) is 6.15. The molecule has 0 aliphatic heterocycles. The largest absolute Gasteiger partial charge is 0.372 e. The van der Waals surface area contributed by atoms with Crippen LogP contribution in [0.25, 0.3) is 11.5 Å². The molecule has 0 amide bonds. The van der Waals surface area contributed by atoms with E-state index in [1.54, 1.807) is 6.20 Å². The Morgan fingerprint density at radius 3 is 2.82 bits per heavy atom. The van der Waals surface area contributed by atoms with Crippen LogP contribution in [-0.4, -0.2) is 32.4 Å². The maximum atomic E-state index is 4.49. The lowest BCUT2D eigenvalue weighted by atomic mass is 10.2. The van der Waals surface area contributed by atoms with Gasteiger partial charge in [-0.1, -0.05) is 13.3 Å². The lowest BCUT2D eigenvalue weighted by molar-refractivity contribution is 0.866. The van der Waals surface area contributed by atoms with Gasteiger partial charge in [-0.05, 0) is 22.4 Å². The van der Waals surface area contributed by atoms with E-state index in [2.05, 4.69) is 53.5 Å². The molecule has 0 fully saturated rings. The molecule has 0 bridgehead atoms. The molecule has 6 nitrogen and oxygen atoms in total. The van der Waals surface area contributed by atoms with Gasteiger partial charge in [-0.15, -0.1) is 0 Å². The van der Waals surface area contributed by atoms with E-state index in [9.17, 15) is 0 Å². The molecule has 2 aromatic heterocycles. The van der Waals surface area contributed by atoms with Crippen LogP contribution < -0.4 is 5.32 Å². The van der Waals surface area contributed by atoms with E-state index in [4.69, 9.17) is 0 Å². The number of nitrogens with one attached hydrogen (secondary N) is 2. The van der Waals surface area contributed by atoms with Crippen LogP contribution in [0.5, 0.6) is 0 Å². The van der Waals surface area contributed by atoms with Crippen molar-refractivity contribution in [3.63, 3.8) is 0 Å². The summed E-state index contributed by atoms with van der Waals surface area (Å²) in [5.41, 5.74) is 1.62. The van der Waals surface area contributed by atoms with Crippen LogP contribution in [0.2, 0.25) is 0 Å². The van der Waals surface area contributed by atoms with Crippen LogP contribution in [0.4, 0.5) is 5.82 Å². The van der Waals surface area contributed by atoms with Crippen molar-refractivity contribution in [2.45, 2.75) is 19.8 Å². The molecule has 2 rings (SSSR count). The quantitative estimate of drug-likeness (QED) is 0.902. The second-order valence-electron chi connectivity index (χ2n) is 3.51. The van der Waals surface area contributed by atoms with Gasteiger partial charge in [0.25, 0.3) is 0 Å². The lowest BCUT2D eigenvalue weighted by Gasteiger charge is -2.09. The number of nitrogens with zero attached hydrogens (tertiary/aromatic N) is 4. The van der Waals surface area contributed by atoms with E-state index >= 15 is 0 Å². The van der Waals surface area contributed by atoms with E-state index in [1.807, 2.05) is 7.05 Å². The van der Waals surface area contributed by atoms with Gasteiger partial charge in [0.2, 0.25) is 0 Å². The molecule has 0 saturated heterocycles. The summed E-state index contributed by atoms with van der Waals surface area (Å²) in [5, 5.41) is 13.4. The maximum Gasteiger partial charge on any atom is 0.184 e. The van der Waals surface area contributed by atoms with Gasteiger partial charge in [0, 0.05) is 7.05 Å². The number of rotatable bonds is 4. The van der Waals surface area contributed by atoms with Gasteiger partial charge in [-0.3, -0.25) is 0 Å². The maximum absolute atomic E-state index is 4.49. The lowest BCUT2D eigenvalue weighted by Crippen LogP contribution is -2.03. The molecule has 7 heteroatoms. The second kappa shape index (κ2) is 5.22. The number of H-pyrrole nitrogens is 1. The van der Waals surface area contributed by atoms with Gasteiger partial charge < -0.3 is 5.32 Å². The van der Waals surface area contributed by atoms with Gasteiger partial charge in [-0.2, -0.15) is 15.4 Å². The number of halogens is 1. The summed E-state index contributed by atoms with van der Waals surface area (Å²) in [6, 6.07) is 0. The summed E-state index contributed by atoms with van der Waals surface area (Å²) in [4.78, 5) is 8.88. The van der Waals surface area contributed by atoms with Crippen LogP contribution in [0.3, 0.4) is 0 Å². The normalized spacial score (nSPS) is 10.5. The number of aryl methyl sites for hydroxylation is 1. The van der Waals surface area contributed by atoms with E-state index in [0.717, 1.165) is 28.8 Å². The fourth-order valence-corrected chi connectivity index (χ4v) is 2.06. The standard InChI is InChI=1S/C10H13BrN6/c1-3-4-6-8(11)10(12-2)15-9(14-6)7-5-13-17-16-7/h5H,3-4H2,1-2H3,(H,12,14,15)(H,13,16,17). The van der Waals surface area contributed by atoms with Gasteiger partial charge in [-0.25, -0.2) is 9.97 Å². The van der Waals surface area contributed by atoms with Crippen molar-refractivity contribution in [1.82, 2.24) is 25.4 Å². The van der Waals surface area contributed by atoms with Gasteiger partial charge in [0.05, 0.1) is 16.4 Å². The SMILES string of the molecule is CCCc1nc(-c2cn[nH]n2)nc(NC)c1Br. The topological polar surface area (TPSA) is 79.4 Å². The summed E-state index contributed by atoms with van der Waals surface area (Å²) in [6.07, 6.45) is 3.53. The van der Waals surface area contributed by atoms with E-state index in [-0.39, 0.29) is 0 Å². The number of aromatic nitrogens is 5. The van der Waals surface area contributed by atoms with Crippen molar-refractivity contribution in [3.8, 4) is 11.5 Å². The highest BCUT2D eigenvalue weighted by molar-refractivity contribution is 9.10. The smallest absolute Gasteiger partial charge is 0.184 e. The molecular formula is C10H13BrN6. The Hall–Kier alpha value is -1.50. The Labute approximate surface area is 107 Å². The van der Waals surface area contributed by atoms with Gasteiger partial charge >= 0.3 is 0 Å². The monoisotopic (exact) mass is 296 g/mol. The van der Waals surface area contributed by atoms with Crippen molar-refractivity contribution < 1.29 is 0 Å². The Balaban J connectivity index is 2.50. The summed E-state index contributed by atoms with van der Waals surface area (Å²) < 4.78 is 0.911. The third-order valence-corrected chi connectivity index (χ3v) is 3.12. The Bertz CT molecular complexity index is 496. The molecule has 0 atom stereocenters. The second-order valence-corrected chi connectivity index (χ2v) is 4.30. The predicted molar refractivity (Wildman–Crippen MR) is 68.7 cm³/mol. The van der Waals surface area contributed by atoms with Crippen molar-refractivity contribution in [2.75, 3.05) is 12.4 Å². The zero-order chi connectivity index (χ0) is 12.3. The summed E-state index contributed by atoms with van der Waals surface area (Å²) in [5.74, 6) is 1.34. The molecular weight excluding hydrogens is 284 g/mol. The zero-order valence-corrected chi connectivity index (χ0v) is 11.2. The third kappa shape index (κ3) is 2.44. The molecule has 0 radical (unpaired) electrons.